The number of pyridine rings is 1. The molecular formula is C7H7IN2O. The second-order valence-electron chi connectivity index (χ2n) is 1.90. The average molecular weight is 262 g/mol. The van der Waals surface area contributed by atoms with Gasteiger partial charge in [0, 0.05) is 6.20 Å². The second-order valence-corrected chi connectivity index (χ2v) is 2.66. The molecule has 0 aromatic carbocycles. The Bertz CT molecular complexity index is 237. The van der Waals surface area contributed by atoms with Crippen molar-refractivity contribution < 1.29 is 4.79 Å². The van der Waals surface area contributed by atoms with Crippen molar-refractivity contribution in [1.82, 2.24) is 4.98 Å². The minimum absolute atomic E-state index is 0.0238. The standard InChI is InChI=1S/C7H7IN2O/c8-5-7(11)10-6-3-1-2-4-9-6/h1-4H,5H2,(H,9,10,11). The number of alkyl halides is 1. The Labute approximate surface area is 78.4 Å². The van der Waals surface area contributed by atoms with Crippen LogP contribution < -0.4 is 5.32 Å². The van der Waals surface area contributed by atoms with Crippen molar-refractivity contribution in [1.29, 1.82) is 0 Å². The molecule has 0 unspecified atom stereocenters. The number of amides is 1. The Morgan fingerprint density at radius 3 is 3.00 bits per heavy atom. The maximum Gasteiger partial charge on any atom is 0.235 e. The number of aromatic nitrogens is 1. The summed E-state index contributed by atoms with van der Waals surface area (Å²) in [6.45, 7) is 0. The van der Waals surface area contributed by atoms with Crippen LogP contribution in [0.3, 0.4) is 0 Å². The molecule has 0 spiro atoms. The van der Waals surface area contributed by atoms with E-state index >= 15 is 0 Å². The zero-order valence-corrected chi connectivity index (χ0v) is 7.91. The summed E-state index contributed by atoms with van der Waals surface area (Å²) < 4.78 is 0.453. The first kappa shape index (κ1) is 8.45. The van der Waals surface area contributed by atoms with Gasteiger partial charge in [0.05, 0.1) is 4.43 Å². The average Bonchev–Trinajstić information content (AvgIpc) is 2.06. The van der Waals surface area contributed by atoms with Gasteiger partial charge in [0.2, 0.25) is 5.91 Å². The predicted molar refractivity (Wildman–Crippen MR) is 51.8 cm³/mol. The fraction of sp³-hybridized carbons (Fsp3) is 0.143. The third-order valence-corrected chi connectivity index (χ3v) is 1.75. The molecule has 0 fully saturated rings. The van der Waals surface area contributed by atoms with Gasteiger partial charge in [-0.05, 0) is 12.1 Å². The van der Waals surface area contributed by atoms with E-state index in [-0.39, 0.29) is 5.91 Å². The molecule has 58 valence electrons. The van der Waals surface area contributed by atoms with Gasteiger partial charge in [-0.2, -0.15) is 0 Å². The van der Waals surface area contributed by atoms with E-state index in [0.717, 1.165) is 0 Å². The highest BCUT2D eigenvalue weighted by molar-refractivity contribution is 14.1. The van der Waals surface area contributed by atoms with Crippen molar-refractivity contribution in [3.63, 3.8) is 0 Å². The summed E-state index contributed by atoms with van der Waals surface area (Å²) in [6.07, 6.45) is 1.64. The Morgan fingerprint density at radius 1 is 1.64 bits per heavy atom. The van der Waals surface area contributed by atoms with E-state index in [0.29, 0.717) is 10.2 Å². The molecule has 0 saturated carbocycles. The second kappa shape index (κ2) is 4.27. The van der Waals surface area contributed by atoms with Gasteiger partial charge in [-0.15, -0.1) is 0 Å². The SMILES string of the molecule is O=C(CI)Nc1ccccn1. The van der Waals surface area contributed by atoms with E-state index in [1.807, 2.05) is 28.7 Å². The number of carbonyl (C=O) groups excluding carboxylic acids is 1. The highest BCUT2D eigenvalue weighted by Gasteiger charge is 1.97. The van der Waals surface area contributed by atoms with Crippen molar-refractivity contribution in [3.8, 4) is 0 Å². The predicted octanol–water partition coefficient (Wildman–Crippen LogP) is 1.46. The molecule has 1 aromatic heterocycles. The number of rotatable bonds is 2. The molecule has 0 atom stereocenters. The Balaban J connectivity index is 2.58. The molecule has 0 radical (unpaired) electrons. The summed E-state index contributed by atoms with van der Waals surface area (Å²) in [6, 6.07) is 5.39. The number of nitrogens with zero attached hydrogens (tertiary/aromatic N) is 1. The number of hydrogen-bond donors (Lipinski definition) is 1. The summed E-state index contributed by atoms with van der Waals surface area (Å²) in [5.74, 6) is 0.582. The van der Waals surface area contributed by atoms with Crippen LogP contribution in [0.25, 0.3) is 0 Å². The molecule has 0 bridgehead atoms. The molecule has 4 heteroatoms. The van der Waals surface area contributed by atoms with Crippen molar-refractivity contribution in [2.45, 2.75) is 0 Å². The highest BCUT2D eigenvalue weighted by atomic mass is 127. The number of hydrogen-bond acceptors (Lipinski definition) is 2. The van der Waals surface area contributed by atoms with E-state index in [9.17, 15) is 4.79 Å². The van der Waals surface area contributed by atoms with Crippen LogP contribution in [-0.4, -0.2) is 15.3 Å². The lowest BCUT2D eigenvalue weighted by Gasteiger charge is -1.98. The Kier molecular flexibility index (Phi) is 3.28. The number of halogens is 1. The maximum atomic E-state index is 10.8. The molecule has 1 rings (SSSR count). The number of nitrogens with one attached hydrogen (secondary N) is 1. The Morgan fingerprint density at radius 2 is 2.45 bits per heavy atom. The first-order chi connectivity index (χ1) is 5.33. The normalized spacial score (nSPS) is 9.18. The third-order valence-electron chi connectivity index (χ3n) is 1.05. The lowest BCUT2D eigenvalue weighted by molar-refractivity contribution is -0.113. The molecule has 0 aliphatic rings. The van der Waals surface area contributed by atoms with E-state index in [1.165, 1.54) is 0 Å². The van der Waals surface area contributed by atoms with Gasteiger partial charge >= 0.3 is 0 Å². The van der Waals surface area contributed by atoms with Crippen LogP contribution in [-0.2, 0) is 4.79 Å². The monoisotopic (exact) mass is 262 g/mol. The molecule has 1 aromatic rings. The van der Waals surface area contributed by atoms with E-state index in [1.54, 1.807) is 18.3 Å². The topological polar surface area (TPSA) is 42.0 Å². The summed E-state index contributed by atoms with van der Waals surface area (Å²) in [5, 5.41) is 2.63. The quantitative estimate of drug-likeness (QED) is 0.647. The van der Waals surface area contributed by atoms with Crippen LogP contribution >= 0.6 is 22.6 Å². The molecule has 0 aliphatic heterocycles. The van der Waals surface area contributed by atoms with Gasteiger partial charge < -0.3 is 5.32 Å². The first-order valence-corrected chi connectivity index (χ1v) is 4.62. The van der Waals surface area contributed by atoms with Gasteiger partial charge in [0.1, 0.15) is 5.82 Å². The smallest absolute Gasteiger partial charge is 0.235 e. The maximum absolute atomic E-state index is 10.8. The fourth-order valence-electron chi connectivity index (χ4n) is 0.613. The van der Waals surface area contributed by atoms with Gasteiger partial charge in [-0.1, -0.05) is 28.7 Å². The molecular weight excluding hydrogens is 255 g/mol. The van der Waals surface area contributed by atoms with Gasteiger partial charge in [-0.3, -0.25) is 4.79 Å². The lowest BCUT2D eigenvalue weighted by atomic mass is 10.4. The van der Waals surface area contributed by atoms with E-state index in [4.69, 9.17) is 0 Å². The fourth-order valence-corrected chi connectivity index (χ4v) is 0.804. The van der Waals surface area contributed by atoms with Crippen molar-refractivity contribution in [2.24, 2.45) is 0 Å². The summed E-state index contributed by atoms with van der Waals surface area (Å²) in [5.41, 5.74) is 0. The van der Waals surface area contributed by atoms with Crippen LogP contribution in [0.1, 0.15) is 0 Å². The molecule has 0 aliphatic carbocycles. The zero-order chi connectivity index (χ0) is 8.10. The minimum atomic E-state index is -0.0238. The molecule has 1 heterocycles. The van der Waals surface area contributed by atoms with E-state index in [2.05, 4.69) is 10.3 Å². The van der Waals surface area contributed by atoms with Crippen molar-refractivity contribution in [3.05, 3.63) is 24.4 Å². The van der Waals surface area contributed by atoms with Gasteiger partial charge in [0.15, 0.2) is 0 Å². The lowest BCUT2D eigenvalue weighted by Crippen LogP contribution is -2.12. The highest BCUT2D eigenvalue weighted by Crippen LogP contribution is 1.99. The van der Waals surface area contributed by atoms with Crippen LogP contribution in [0.2, 0.25) is 0 Å². The summed E-state index contributed by atoms with van der Waals surface area (Å²) in [7, 11) is 0. The van der Waals surface area contributed by atoms with Crippen molar-refractivity contribution in [2.75, 3.05) is 9.74 Å². The summed E-state index contributed by atoms with van der Waals surface area (Å²) in [4.78, 5) is 14.8. The molecule has 3 nitrogen and oxygen atoms in total. The van der Waals surface area contributed by atoms with E-state index < -0.39 is 0 Å². The third kappa shape index (κ3) is 2.83. The first-order valence-electron chi connectivity index (χ1n) is 3.10. The van der Waals surface area contributed by atoms with Crippen LogP contribution in [0.4, 0.5) is 5.82 Å². The summed E-state index contributed by atoms with van der Waals surface area (Å²) >= 11 is 2.00. The van der Waals surface area contributed by atoms with Gasteiger partial charge in [0.25, 0.3) is 0 Å². The van der Waals surface area contributed by atoms with Crippen LogP contribution in [0.5, 0.6) is 0 Å². The van der Waals surface area contributed by atoms with Crippen LogP contribution in [0, 0.1) is 0 Å². The minimum Gasteiger partial charge on any atom is -0.310 e. The largest absolute Gasteiger partial charge is 0.310 e. The molecule has 0 saturated heterocycles. The molecule has 1 amide bonds. The van der Waals surface area contributed by atoms with Crippen molar-refractivity contribution >= 4 is 34.3 Å². The molecule has 11 heavy (non-hydrogen) atoms. The Hall–Kier alpha value is -0.650. The number of anilines is 1. The molecule has 1 N–H and O–H groups in total. The van der Waals surface area contributed by atoms with Gasteiger partial charge in [-0.25, -0.2) is 4.98 Å². The zero-order valence-electron chi connectivity index (χ0n) is 5.75. The van der Waals surface area contributed by atoms with Crippen LogP contribution in [0.15, 0.2) is 24.4 Å². The number of carbonyl (C=O) groups is 1.